The quantitative estimate of drug-likeness (QED) is 0.834. The van der Waals surface area contributed by atoms with E-state index in [-0.39, 0.29) is 5.41 Å². The summed E-state index contributed by atoms with van der Waals surface area (Å²) in [7, 11) is 0. The molecule has 0 radical (unpaired) electrons. The smallest absolute Gasteiger partial charge is 0.226 e. The van der Waals surface area contributed by atoms with Crippen molar-refractivity contribution in [1.82, 2.24) is 10.2 Å². The van der Waals surface area contributed by atoms with Crippen molar-refractivity contribution >= 4 is 5.91 Å². The summed E-state index contributed by atoms with van der Waals surface area (Å²) >= 11 is 0. The molecule has 4 bridgehead atoms. The molecule has 1 N–H and O–H groups in total. The van der Waals surface area contributed by atoms with Gasteiger partial charge >= 0.3 is 0 Å². The van der Waals surface area contributed by atoms with Crippen LogP contribution in [0, 0.1) is 30.1 Å². The Labute approximate surface area is 163 Å². The minimum absolute atomic E-state index is 0.0302. The van der Waals surface area contributed by atoms with Crippen LogP contribution in [0.2, 0.25) is 0 Å². The molecule has 3 nitrogen and oxygen atoms in total. The highest BCUT2D eigenvalue weighted by Gasteiger charge is 2.54. The van der Waals surface area contributed by atoms with Gasteiger partial charge < -0.3 is 5.32 Å². The Morgan fingerprint density at radius 2 is 1.59 bits per heavy atom. The lowest BCUT2D eigenvalue weighted by molar-refractivity contribution is -0.146. The van der Waals surface area contributed by atoms with Crippen molar-refractivity contribution in [2.75, 3.05) is 19.6 Å². The molecule has 0 spiro atoms. The number of hydrogen-bond donors (Lipinski definition) is 1. The SMILES string of the molecule is Cc1ccc([C@H](CNC(=O)C23CC4CC(CC(C4)C2)C3)N2CCCC2)cc1. The minimum Gasteiger partial charge on any atom is -0.354 e. The molecule has 1 saturated heterocycles. The maximum absolute atomic E-state index is 13.4. The Kier molecular flexibility index (Phi) is 4.54. The molecule has 3 heteroatoms. The monoisotopic (exact) mass is 366 g/mol. The molecular formula is C24H34N2O. The molecule has 146 valence electrons. The van der Waals surface area contributed by atoms with E-state index in [2.05, 4.69) is 41.4 Å². The highest BCUT2D eigenvalue weighted by molar-refractivity contribution is 5.83. The molecule has 0 unspecified atom stereocenters. The number of rotatable bonds is 5. The zero-order chi connectivity index (χ0) is 18.4. The predicted molar refractivity (Wildman–Crippen MR) is 108 cm³/mol. The van der Waals surface area contributed by atoms with Crippen molar-refractivity contribution in [1.29, 1.82) is 0 Å². The first-order valence-corrected chi connectivity index (χ1v) is 11.2. The second kappa shape index (κ2) is 6.92. The summed E-state index contributed by atoms with van der Waals surface area (Å²) in [5, 5.41) is 3.45. The summed E-state index contributed by atoms with van der Waals surface area (Å²) < 4.78 is 0. The van der Waals surface area contributed by atoms with Crippen molar-refractivity contribution in [2.24, 2.45) is 23.2 Å². The third kappa shape index (κ3) is 3.33. The maximum Gasteiger partial charge on any atom is 0.226 e. The number of likely N-dealkylation sites (tertiary alicyclic amines) is 1. The van der Waals surface area contributed by atoms with Crippen molar-refractivity contribution < 1.29 is 4.79 Å². The summed E-state index contributed by atoms with van der Waals surface area (Å²) in [6.45, 7) is 5.23. The Morgan fingerprint density at radius 3 is 2.15 bits per heavy atom. The average Bonchev–Trinajstić information content (AvgIpc) is 3.16. The fourth-order valence-corrected chi connectivity index (χ4v) is 7.07. The fraction of sp³-hybridized carbons (Fsp3) is 0.708. The molecule has 1 aromatic carbocycles. The van der Waals surface area contributed by atoms with Crippen LogP contribution < -0.4 is 5.32 Å². The summed E-state index contributed by atoms with van der Waals surface area (Å²) in [5.74, 6) is 2.85. The van der Waals surface area contributed by atoms with Crippen LogP contribution in [-0.2, 0) is 4.79 Å². The van der Waals surface area contributed by atoms with Gasteiger partial charge in [0.25, 0.3) is 0 Å². The van der Waals surface area contributed by atoms with E-state index in [1.165, 1.54) is 43.2 Å². The lowest BCUT2D eigenvalue weighted by Crippen LogP contribution is -2.54. The van der Waals surface area contributed by atoms with Crippen LogP contribution in [0.1, 0.15) is 68.5 Å². The molecule has 1 amide bonds. The van der Waals surface area contributed by atoms with Gasteiger partial charge in [0.15, 0.2) is 0 Å². The van der Waals surface area contributed by atoms with Gasteiger partial charge in [-0.05, 0) is 94.7 Å². The standard InChI is InChI=1S/C24H34N2O/c1-17-4-6-21(7-5-17)22(26-8-2-3-9-26)16-25-23(27)24-13-18-10-19(14-24)12-20(11-18)15-24/h4-7,18-20,22H,2-3,8-16H2,1H3,(H,25,27)/t18?,19?,20?,22-,24?/m0/s1. The molecule has 0 aromatic heterocycles. The largest absolute Gasteiger partial charge is 0.354 e. The van der Waals surface area contributed by atoms with Gasteiger partial charge in [-0.25, -0.2) is 0 Å². The number of nitrogens with one attached hydrogen (secondary N) is 1. The van der Waals surface area contributed by atoms with Crippen molar-refractivity contribution in [2.45, 2.75) is 64.3 Å². The number of carbonyl (C=O) groups is 1. The number of nitrogens with zero attached hydrogens (tertiary/aromatic N) is 1. The summed E-state index contributed by atoms with van der Waals surface area (Å²) in [5.41, 5.74) is 2.63. The molecule has 4 aliphatic carbocycles. The lowest BCUT2D eigenvalue weighted by Gasteiger charge is -2.55. The second-order valence-corrected chi connectivity index (χ2v) is 10.1. The Morgan fingerprint density at radius 1 is 1.04 bits per heavy atom. The number of benzene rings is 1. The number of amides is 1. The summed E-state index contributed by atoms with van der Waals surface area (Å²) in [6, 6.07) is 9.26. The first kappa shape index (κ1) is 17.7. The van der Waals surface area contributed by atoms with E-state index in [1.54, 1.807) is 0 Å². The normalized spacial score (nSPS) is 36.1. The van der Waals surface area contributed by atoms with Crippen LogP contribution in [-0.4, -0.2) is 30.4 Å². The number of carbonyl (C=O) groups excluding carboxylic acids is 1. The van der Waals surface area contributed by atoms with Crippen molar-refractivity contribution in [3.05, 3.63) is 35.4 Å². The highest BCUT2D eigenvalue weighted by atomic mass is 16.2. The molecule has 6 rings (SSSR count). The van der Waals surface area contributed by atoms with Gasteiger partial charge in [0.2, 0.25) is 5.91 Å². The molecule has 1 atom stereocenters. The van der Waals surface area contributed by atoms with Crippen LogP contribution >= 0.6 is 0 Å². The summed E-state index contributed by atoms with van der Waals surface area (Å²) in [4.78, 5) is 15.9. The first-order chi connectivity index (χ1) is 13.1. The van der Waals surface area contributed by atoms with Crippen molar-refractivity contribution in [3.63, 3.8) is 0 Å². The highest BCUT2D eigenvalue weighted by Crippen LogP contribution is 2.60. The molecular weight excluding hydrogens is 332 g/mol. The molecule has 1 aromatic rings. The van der Waals surface area contributed by atoms with E-state index < -0.39 is 0 Å². The molecule has 27 heavy (non-hydrogen) atoms. The first-order valence-electron chi connectivity index (χ1n) is 11.2. The van der Waals surface area contributed by atoms with E-state index in [4.69, 9.17) is 0 Å². The van der Waals surface area contributed by atoms with E-state index in [9.17, 15) is 4.79 Å². The van der Waals surface area contributed by atoms with E-state index in [0.717, 1.165) is 56.7 Å². The minimum atomic E-state index is -0.0302. The van der Waals surface area contributed by atoms with Gasteiger partial charge in [0, 0.05) is 12.0 Å². The molecule has 5 aliphatic rings. The Bertz CT molecular complexity index is 654. The van der Waals surface area contributed by atoms with Crippen LogP contribution in [0.4, 0.5) is 0 Å². The van der Waals surface area contributed by atoms with Gasteiger partial charge in [-0.1, -0.05) is 29.8 Å². The molecule has 5 fully saturated rings. The zero-order valence-corrected chi connectivity index (χ0v) is 16.8. The summed E-state index contributed by atoms with van der Waals surface area (Å²) in [6.07, 6.45) is 10.2. The molecule has 4 saturated carbocycles. The van der Waals surface area contributed by atoms with Gasteiger partial charge in [-0.3, -0.25) is 9.69 Å². The van der Waals surface area contributed by atoms with E-state index in [1.807, 2.05) is 0 Å². The third-order valence-electron chi connectivity index (χ3n) is 8.02. The van der Waals surface area contributed by atoms with Crippen LogP contribution in [0.5, 0.6) is 0 Å². The topological polar surface area (TPSA) is 32.3 Å². The van der Waals surface area contributed by atoms with Gasteiger partial charge in [-0.15, -0.1) is 0 Å². The third-order valence-corrected chi connectivity index (χ3v) is 8.02. The van der Waals surface area contributed by atoms with Crippen LogP contribution in [0.3, 0.4) is 0 Å². The van der Waals surface area contributed by atoms with Gasteiger partial charge in [0.1, 0.15) is 0 Å². The number of aryl methyl sites for hydroxylation is 1. The van der Waals surface area contributed by atoms with Gasteiger partial charge in [-0.2, -0.15) is 0 Å². The van der Waals surface area contributed by atoms with Crippen LogP contribution in [0.25, 0.3) is 0 Å². The Balaban J connectivity index is 1.30. The lowest BCUT2D eigenvalue weighted by atomic mass is 9.49. The molecule has 1 heterocycles. The maximum atomic E-state index is 13.4. The van der Waals surface area contributed by atoms with E-state index >= 15 is 0 Å². The number of hydrogen-bond acceptors (Lipinski definition) is 2. The second-order valence-electron chi connectivity index (χ2n) is 10.1. The van der Waals surface area contributed by atoms with Crippen molar-refractivity contribution in [3.8, 4) is 0 Å². The van der Waals surface area contributed by atoms with E-state index in [0.29, 0.717) is 11.9 Å². The predicted octanol–water partition coefficient (Wildman–Crippen LogP) is 4.46. The van der Waals surface area contributed by atoms with Crippen LogP contribution in [0.15, 0.2) is 24.3 Å². The Hall–Kier alpha value is -1.35. The fourth-order valence-electron chi connectivity index (χ4n) is 7.07. The van der Waals surface area contributed by atoms with Gasteiger partial charge in [0.05, 0.1) is 6.04 Å². The molecule has 1 aliphatic heterocycles. The average molecular weight is 367 g/mol. The zero-order valence-electron chi connectivity index (χ0n) is 16.8.